The van der Waals surface area contributed by atoms with Crippen molar-refractivity contribution in [2.75, 3.05) is 0 Å². The summed E-state index contributed by atoms with van der Waals surface area (Å²) >= 11 is 1.79. The number of hydrogen-bond donors (Lipinski definition) is 0. The Morgan fingerprint density at radius 1 is 0.277 bits per heavy atom. The highest BCUT2D eigenvalue weighted by molar-refractivity contribution is 7.26. The highest BCUT2D eigenvalue weighted by Crippen LogP contribution is 2.51. The molecule has 0 radical (unpaired) electrons. The van der Waals surface area contributed by atoms with E-state index >= 15 is 0 Å². The lowest BCUT2D eigenvalue weighted by Crippen LogP contribution is -2.17. The van der Waals surface area contributed by atoms with Crippen LogP contribution in [0.3, 0.4) is 0 Å². The second kappa shape index (κ2) is 17.1. The molecule has 0 N–H and O–H groups in total. The number of hydrogen-bond acceptors (Lipinski definition) is 3. The van der Waals surface area contributed by atoms with E-state index in [4.69, 9.17) is 0 Å². The number of nitrogens with zero attached hydrogens (tertiary/aromatic N) is 6. The zero-order valence-electron chi connectivity index (χ0n) is 44.3. The van der Waals surface area contributed by atoms with Gasteiger partial charge in [0.2, 0.25) is 0 Å². The first-order valence-electron chi connectivity index (χ1n) is 28.0. The van der Waals surface area contributed by atoms with E-state index in [0.717, 1.165) is 114 Å². The number of nitriles is 2. The quantitative estimate of drug-likeness (QED) is 0.161. The van der Waals surface area contributed by atoms with Crippen LogP contribution in [0.1, 0.15) is 11.1 Å². The predicted molar refractivity (Wildman–Crippen MR) is 347 cm³/mol. The van der Waals surface area contributed by atoms with Crippen LogP contribution in [0, 0.1) is 22.7 Å². The lowest BCUT2D eigenvalue weighted by Gasteiger charge is -2.27. The van der Waals surface area contributed by atoms with Crippen LogP contribution in [0.25, 0.3) is 163 Å². The molecule has 0 saturated heterocycles. The molecule has 0 spiro atoms. The van der Waals surface area contributed by atoms with Crippen LogP contribution in [0.5, 0.6) is 0 Å². The van der Waals surface area contributed by atoms with Gasteiger partial charge in [0.25, 0.3) is 0 Å². The molecule has 0 unspecified atom stereocenters. The number of para-hydroxylation sites is 6. The zero-order valence-corrected chi connectivity index (χ0v) is 45.2. The van der Waals surface area contributed by atoms with E-state index in [-0.39, 0.29) is 0 Å². The molecular formula is C76H42N6S. The van der Waals surface area contributed by atoms with Crippen molar-refractivity contribution in [3.8, 4) is 46.0 Å². The lowest BCUT2D eigenvalue weighted by molar-refractivity contribution is 1.02. The summed E-state index contributed by atoms with van der Waals surface area (Å²) in [6, 6.07) is 96.8. The van der Waals surface area contributed by atoms with Gasteiger partial charge < -0.3 is 18.3 Å². The van der Waals surface area contributed by atoms with E-state index in [1.165, 1.54) is 26.2 Å². The van der Waals surface area contributed by atoms with Gasteiger partial charge in [-0.2, -0.15) is 10.5 Å². The van der Waals surface area contributed by atoms with Crippen LogP contribution in [0.4, 0.5) is 0 Å². The summed E-state index contributed by atoms with van der Waals surface area (Å²) in [4.78, 5) is 0. The van der Waals surface area contributed by atoms with Gasteiger partial charge in [0, 0.05) is 58.6 Å². The van der Waals surface area contributed by atoms with E-state index in [1.54, 1.807) is 11.3 Å². The van der Waals surface area contributed by atoms with Gasteiger partial charge >= 0.3 is 0 Å². The highest BCUT2D eigenvalue weighted by atomic mass is 32.1. The fourth-order valence-electron chi connectivity index (χ4n) is 14.2. The van der Waals surface area contributed by atoms with E-state index < -0.39 is 0 Å². The predicted octanol–water partition coefficient (Wildman–Crippen LogP) is 20.2. The fraction of sp³-hybridized carbons (Fsp3) is 0. The maximum atomic E-state index is 12.8. The van der Waals surface area contributed by atoms with Gasteiger partial charge in [0.05, 0.1) is 71.6 Å². The molecular weight excluding hydrogens is 1030 g/mol. The molecule has 7 heteroatoms. The summed E-state index contributed by atoms with van der Waals surface area (Å²) in [6.45, 7) is 0. The Hall–Kier alpha value is -11.2. The standard InChI is InChI=1S/C76H42N6S/c77-43-61-71(79-63-29-10-3-20-51(63)52-21-4-11-30-64(52)79)62(44-78)73(81-67-33-14-7-24-55(67)56-25-8-15-34-68(56)81)75(72(61)80-65-31-12-5-22-53(65)54-23-6-13-32-66(54)80)82-69-42-46(48-27-17-28-49-47-19-2-1-18-45(47)36-38-50(48)49)37-39-57(69)59-40-41-60-58-26-9-16-35-70(58)83-76(60)74(59)82/h1-42H. The number of fused-ring (bicyclic) bond motifs is 19. The summed E-state index contributed by atoms with van der Waals surface area (Å²) in [5.74, 6) is 0. The third-order valence-electron chi connectivity index (χ3n) is 17.6. The number of rotatable bonds is 5. The molecule has 0 atom stereocenters. The van der Waals surface area contributed by atoms with Gasteiger partial charge in [-0.05, 0) is 81.2 Å². The normalized spacial score (nSPS) is 12.1. The molecule has 13 aromatic carbocycles. The van der Waals surface area contributed by atoms with Crippen LogP contribution in [-0.2, 0) is 0 Å². The number of thiophene rings is 1. The van der Waals surface area contributed by atoms with Crippen LogP contribution >= 0.6 is 11.3 Å². The molecule has 83 heavy (non-hydrogen) atoms. The average Bonchev–Trinajstić information content (AvgIpc) is 1.79. The van der Waals surface area contributed by atoms with Crippen molar-refractivity contribution in [2.24, 2.45) is 0 Å². The van der Waals surface area contributed by atoms with Crippen LogP contribution in [0.2, 0.25) is 0 Å². The molecule has 0 amide bonds. The van der Waals surface area contributed by atoms with Crippen molar-refractivity contribution in [1.82, 2.24) is 18.3 Å². The summed E-state index contributed by atoms with van der Waals surface area (Å²) in [6.07, 6.45) is 0. The largest absolute Gasteiger partial charge is 0.306 e. The van der Waals surface area contributed by atoms with Gasteiger partial charge in [-0.15, -0.1) is 11.3 Å². The van der Waals surface area contributed by atoms with Crippen LogP contribution in [-0.4, -0.2) is 18.3 Å². The first-order valence-corrected chi connectivity index (χ1v) is 28.8. The molecule has 0 aliphatic rings. The Bertz CT molecular complexity index is 5670. The van der Waals surface area contributed by atoms with Crippen molar-refractivity contribution in [3.63, 3.8) is 0 Å². The van der Waals surface area contributed by atoms with Gasteiger partial charge in [-0.1, -0.05) is 206 Å². The van der Waals surface area contributed by atoms with E-state index in [2.05, 4.69) is 285 Å². The van der Waals surface area contributed by atoms with Crippen molar-refractivity contribution >= 4 is 140 Å². The summed E-state index contributed by atoms with van der Waals surface area (Å²) in [5.41, 5.74) is 13.0. The Morgan fingerprint density at radius 3 is 1.22 bits per heavy atom. The van der Waals surface area contributed by atoms with Gasteiger partial charge in [-0.3, -0.25) is 0 Å². The van der Waals surface area contributed by atoms with Crippen LogP contribution in [0.15, 0.2) is 255 Å². The molecule has 0 aliphatic heterocycles. The third-order valence-corrected chi connectivity index (χ3v) is 18.8. The summed E-state index contributed by atoms with van der Waals surface area (Å²) < 4.78 is 11.6. The first-order chi connectivity index (χ1) is 41.2. The van der Waals surface area contributed by atoms with Crippen LogP contribution < -0.4 is 0 Å². The molecule has 18 rings (SSSR count). The molecule has 0 fully saturated rings. The molecule has 18 aromatic rings. The van der Waals surface area contributed by atoms with E-state index in [1.807, 2.05) is 0 Å². The van der Waals surface area contributed by atoms with E-state index in [0.29, 0.717) is 33.9 Å². The Kier molecular flexibility index (Phi) is 9.42. The van der Waals surface area contributed by atoms with Crippen molar-refractivity contribution in [3.05, 3.63) is 266 Å². The lowest BCUT2D eigenvalue weighted by atomic mass is 9.94. The molecule has 0 bridgehead atoms. The van der Waals surface area contributed by atoms with Crippen molar-refractivity contribution in [1.29, 1.82) is 10.5 Å². The average molecular weight is 1070 g/mol. The minimum Gasteiger partial charge on any atom is -0.306 e. The minimum atomic E-state index is 0.370. The smallest absolute Gasteiger partial charge is 0.104 e. The number of benzene rings is 13. The minimum absolute atomic E-state index is 0.370. The van der Waals surface area contributed by atoms with Crippen molar-refractivity contribution < 1.29 is 0 Å². The van der Waals surface area contributed by atoms with Crippen molar-refractivity contribution in [2.45, 2.75) is 0 Å². The van der Waals surface area contributed by atoms with E-state index in [9.17, 15) is 10.5 Å². The Balaban J connectivity index is 1.14. The molecule has 0 saturated carbocycles. The monoisotopic (exact) mass is 1070 g/mol. The topological polar surface area (TPSA) is 67.3 Å². The molecule has 5 heterocycles. The van der Waals surface area contributed by atoms with Gasteiger partial charge in [-0.25, -0.2) is 0 Å². The maximum absolute atomic E-state index is 12.8. The molecule has 382 valence electrons. The first kappa shape index (κ1) is 45.6. The molecule has 6 nitrogen and oxygen atoms in total. The summed E-state index contributed by atoms with van der Waals surface area (Å²) in [7, 11) is 0. The second-order valence-electron chi connectivity index (χ2n) is 21.7. The zero-order chi connectivity index (χ0) is 54.6. The van der Waals surface area contributed by atoms with Gasteiger partial charge in [0.1, 0.15) is 23.3 Å². The fourth-order valence-corrected chi connectivity index (χ4v) is 15.5. The Labute approximate surface area is 478 Å². The molecule has 0 aliphatic carbocycles. The second-order valence-corrected chi connectivity index (χ2v) is 22.7. The molecule has 5 aromatic heterocycles. The SMILES string of the molecule is N#Cc1c(-n2c3ccccc3c3ccccc32)c(C#N)c(-n2c3ccccc3c3ccccc32)c(-n2c3cc(-c4cccc5c4ccc4ccccc45)ccc3c3ccc4c5ccccc5sc4c32)c1-n1c2ccccc2c2ccccc21. The highest BCUT2D eigenvalue weighted by Gasteiger charge is 2.35. The maximum Gasteiger partial charge on any atom is 0.104 e. The Morgan fingerprint density at radius 2 is 0.687 bits per heavy atom. The van der Waals surface area contributed by atoms with Gasteiger partial charge in [0.15, 0.2) is 0 Å². The number of aromatic nitrogens is 4. The third kappa shape index (κ3) is 6.13. The summed E-state index contributed by atoms with van der Waals surface area (Å²) in [5, 5.41) is 41.0.